The van der Waals surface area contributed by atoms with Gasteiger partial charge in [0.05, 0.1) is 0 Å². The van der Waals surface area contributed by atoms with E-state index in [1.165, 1.54) is 0 Å². The summed E-state index contributed by atoms with van der Waals surface area (Å²) in [6, 6.07) is 7.48. The summed E-state index contributed by atoms with van der Waals surface area (Å²) in [6.07, 6.45) is 2.59. The van der Waals surface area contributed by atoms with Crippen molar-refractivity contribution in [1.82, 2.24) is 25.1 Å². The van der Waals surface area contributed by atoms with Crippen LogP contribution in [0.25, 0.3) is 0 Å². The van der Waals surface area contributed by atoms with Gasteiger partial charge in [-0.15, -0.1) is 0 Å². The van der Waals surface area contributed by atoms with Crippen molar-refractivity contribution in [2.75, 3.05) is 68.4 Å². The highest BCUT2D eigenvalue weighted by Crippen LogP contribution is 2.23. The van der Waals surface area contributed by atoms with Crippen LogP contribution in [0.1, 0.15) is 18.9 Å². The number of halogens is 1. The van der Waals surface area contributed by atoms with E-state index in [1.807, 2.05) is 24.3 Å². The highest BCUT2D eigenvalue weighted by atomic mass is 35.5. The Bertz CT molecular complexity index is 950. The lowest BCUT2D eigenvalue weighted by atomic mass is 10.1. The number of carbonyl (C=O) groups is 1. The molecule has 2 aliphatic heterocycles. The third-order valence-electron chi connectivity index (χ3n) is 6.33. The molecule has 0 bridgehead atoms. The van der Waals surface area contributed by atoms with Gasteiger partial charge in [-0.1, -0.05) is 24.6 Å². The average molecular weight is 473 g/mol. The number of nitrogens with one attached hydrogen (secondary N) is 3. The van der Waals surface area contributed by atoms with E-state index >= 15 is 0 Å². The summed E-state index contributed by atoms with van der Waals surface area (Å²) >= 11 is 6.54. The molecule has 0 saturated carbocycles. The molecular formula is C23H33ClN8O. The Morgan fingerprint density at radius 3 is 2.67 bits per heavy atom. The SMILES string of the molecule is CCN1CCN(Cc2ccc(NC(=O)N[C@H]3CCN(c4ccnc(NC)n4)C3)cc2Cl)CC1. The van der Waals surface area contributed by atoms with E-state index in [4.69, 9.17) is 11.6 Å². The molecule has 3 N–H and O–H groups in total. The maximum absolute atomic E-state index is 12.6. The molecule has 3 heterocycles. The molecule has 1 aromatic carbocycles. The molecule has 2 fully saturated rings. The number of carbonyl (C=O) groups excluding carboxylic acids is 1. The maximum Gasteiger partial charge on any atom is 0.319 e. The third-order valence-corrected chi connectivity index (χ3v) is 6.68. The van der Waals surface area contributed by atoms with Gasteiger partial charge in [0, 0.05) is 75.8 Å². The van der Waals surface area contributed by atoms with Crippen LogP contribution in [0.15, 0.2) is 30.5 Å². The first-order chi connectivity index (χ1) is 16.0. The first-order valence-electron chi connectivity index (χ1n) is 11.6. The van der Waals surface area contributed by atoms with Crippen LogP contribution in [0.4, 0.5) is 22.2 Å². The summed E-state index contributed by atoms with van der Waals surface area (Å²) in [4.78, 5) is 28.2. The number of hydrogen-bond donors (Lipinski definition) is 3. The lowest BCUT2D eigenvalue weighted by Crippen LogP contribution is -2.45. The van der Waals surface area contributed by atoms with E-state index in [-0.39, 0.29) is 12.1 Å². The number of benzene rings is 1. The molecule has 1 aromatic heterocycles. The zero-order valence-corrected chi connectivity index (χ0v) is 20.1. The first-order valence-corrected chi connectivity index (χ1v) is 12.0. The fourth-order valence-corrected chi connectivity index (χ4v) is 4.58. The van der Waals surface area contributed by atoms with Crippen molar-refractivity contribution in [3.63, 3.8) is 0 Å². The second-order valence-electron chi connectivity index (χ2n) is 8.54. The van der Waals surface area contributed by atoms with Gasteiger partial charge in [-0.25, -0.2) is 9.78 Å². The van der Waals surface area contributed by atoms with Crippen molar-refractivity contribution in [2.24, 2.45) is 0 Å². The predicted octanol–water partition coefficient (Wildman–Crippen LogP) is 2.71. The number of amides is 2. The van der Waals surface area contributed by atoms with Crippen LogP contribution in [0.3, 0.4) is 0 Å². The van der Waals surface area contributed by atoms with Crippen LogP contribution in [0.2, 0.25) is 5.02 Å². The molecule has 178 valence electrons. The molecule has 0 spiro atoms. The van der Waals surface area contributed by atoms with Crippen molar-refractivity contribution < 1.29 is 4.79 Å². The molecule has 33 heavy (non-hydrogen) atoms. The van der Waals surface area contributed by atoms with Crippen LogP contribution >= 0.6 is 11.6 Å². The Kier molecular flexibility index (Phi) is 7.85. The second kappa shape index (κ2) is 11.0. The van der Waals surface area contributed by atoms with Crippen LogP contribution in [0, 0.1) is 0 Å². The normalized spacial score (nSPS) is 19.5. The van der Waals surface area contributed by atoms with Crippen molar-refractivity contribution in [1.29, 1.82) is 0 Å². The van der Waals surface area contributed by atoms with Gasteiger partial charge in [-0.3, -0.25) is 4.90 Å². The van der Waals surface area contributed by atoms with Gasteiger partial charge in [0.15, 0.2) is 0 Å². The number of hydrogen-bond acceptors (Lipinski definition) is 7. The summed E-state index contributed by atoms with van der Waals surface area (Å²) in [5.74, 6) is 1.45. The molecule has 10 heteroatoms. The molecular weight excluding hydrogens is 440 g/mol. The number of piperazine rings is 1. The smallest absolute Gasteiger partial charge is 0.319 e. The number of urea groups is 1. The highest BCUT2D eigenvalue weighted by molar-refractivity contribution is 6.31. The third kappa shape index (κ3) is 6.25. The standard InChI is InChI=1S/C23H33ClN8O/c1-3-30-10-12-31(13-11-30)15-17-4-5-18(14-20(17)24)27-23(33)28-19-7-9-32(16-19)21-6-8-26-22(25-2)29-21/h4-6,8,14,19H,3,7,9-13,15-16H2,1-2H3,(H,25,26,29)(H2,27,28,33)/t19-/m0/s1. The summed E-state index contributed by atoms with van der Waals surface area (Å²) < 4.78 is 0. The number of nitrogens with zero attached hydrogens (tertiary/aromatic N) is 5. The molecule has 9 nitrogen and oxygen atoms in total. The molecule has 1 atom stereocenters. The Balaban J connectivity index is 1.26. The van der Waals surface area contributed by atoms with Crippen LogP contribution in [-0.2, 0) is 6.54 Å². The van der Waals surface area contributed by atoms with E-state index in [2.05, 4.69) is 47.5 Å². The molecule has 2 aliphatic rings. The predicted molar refractivity (Wildman–Crippen MR) is 133 cm³/mol. The molecule has 2 amide bonds. The fourth-order valence-electron chi connectivity index (χ4n) is 4.34. The Labute approximate surface area is 200 Å². The van der Waals surface area contributed by atoms with Crippen molar-refractivity contribution in [3.05, 3.63) is 41.0 Å². The van der Waals surface area contributed by atoms with Crippen molar-refractivity contribution in [3.8, 4) is 0 Å². The van der Waals surface area contributed by atoms with Gasteiger partial charge in [-0.05, 0) is 36.7 Å². The Hall–Kier alpha value is -2.62. The van der Waals surface area contributed by atoms with E-state index in [0.717, 1.165) is 63.6 Å². The maximum atomic E-state index is 12.6. The largest absolute Gasteiger partial charge is 0.357 e. The minimum absolute atomic E-state index is 0.0505. The Morgan fingerprint density at radius 2 is 1.94 bits per heavy atom. The summed E-state index contributed by atoms with van der Waals surface area (Å²) in [5.41, 5.74) is 1.78. The molecule has 2 saturated heterocycles. The van der Waals surface area contributed by atoms with E-state index in [1.54, 1.807) is 13.2 Å². The van der Waals surface area contributed by atoms with Gasteiger partial charge in [0.1, 0.15) is 5.82 Å². The Morgan fingerprint density at radius 1 is 1.15 bits per heavy atom. The zero-order chi connectivity index (χ0) is 23.2. The van der Waals surface area contributed by atoms with Gasteiger partial charge in [-0.2, -0.15) is 4.98 Å². The molecule has 0 aliphatic carbocycles. The van der Waals surface area contributed by atoms with Crippen LogP contribution in [0.5, 0.6) is 0 Å². The average Bonchev–Trinajstić information content (AvgIpc) is 3.29. The van der Waals surface area contributed by atoms with E-state index < -0.39 is 0 Å². The van der Waals surface area contributed by atoms with E-state index in [9.17, 15) is 4.79 Å². The van der Waals surface area contributed by atoms with Crippen LogP contribution < -0.4 is 20.9 Å². The van der Waals surface area contributed by atoms with Gasteiger partial charge >= 0.3 is 6.03 Å². The van der Waals surface area contributed by atoms with Gasteiger partial charge < -0.3 is 25.8 Å². The number of likely N-dealkylation sites (N-methyl/N-ethyl adjacent to an activating group) is 1. The minimum Gasteiger partial charge on any atom is -0.357 e. The second-order valence-corrected chi connectivity index (χ2v) is 8.94. The first kappa shape index (κ1) is 23.5. The lowest BCUT2D eigenvalue weighted by Gasteiger charge is -2.34. The zero-order valence-electron chi connectivity index (χ0n) is 19.4. The summed E-state index contributed by atoms with van der Waals surface area (Å²) in [7, 11) is 1.80. The van der Waals surface area contributed by atoms with Crippen molar-refractivity contribution >= 4 is 35.1 Å². The molecule has 0 radical (unpaired) electrons. The number of anilines is 3. The van der Waals surface area contributed by atoms with Crippen LogP contribution in [-0.4, -0.2) is 84.7 Å². The summed E-state index contributed by atoms with van der Waals surface area (Å²) in [6.45, 7) is 9.98. The quantitative estimate of drug-likeness (QED) is 0.571. The molecule has 0 unspecified atom stereocenters. The monoisotopic (exact) mass is 472 g/mol. The topological polar surface area (TPSA) is 88.7 Å². The molecule has 2 aromatic rings. The van der Waals surface area contributed by atoms with Gasteiger partial charge in [0.25, 0.3) is 0 Å². The van der Waals surface area contributed by atoms with E-state index in [0.29, 0.717) is 23.2 Å². The molecule has 4 rings (SSSR count). The van der Waals surface area contributed by atoms with Crippen molar-refractivity contribution in [2.45, 2.75) is 25.9 Å². The highest BCUT2D eigenvalue weighted by Gasteiger charge is 2.25. The fraction of sp³-hybridized carbons (Fsp3) is 0.522. The number of aromatic nitrogens is 2. The summed E-state index contributed by atoms with van der Waals surface area (Å²) in [5, 5.41) is 9.61. The number of rotatable bonds is 7. The minimum atomic E-state index is -0.222. The lowest BCUT2D eigenvalue weighted by molar-refractivity contribution is 0.132. The van der Waals surface area contributed by atoms with Gasteiger partial charge in [0.2, 0.25) is 5.95 Å².